The van der Waals surface area contributed by atoms with E-state index in [9.17, 15) is 9.59 Å². The summed E-state index contributed by atoms with van der Waals surface area (Å²) in [6, 6.07) is 15.3. The van der Waals surface area contributed by atoms with E-state index in [2.05, 4.69) is 36.5 Å². The molecule has 2 N–H and O–H groups in total. The van der Waals surface area contributed by atoms with E-state index in [1.807, 2.05) is 4.90 Å². The summed E-state index contributed by atoms with van der Waals surface area (Å²) in [6.45, 7) is 6.91. The summed E-state index contributed by atoms with van der Waals surface area (Å²) in [5.74, 6) is -0.0807. The molecule has 2 aromatic carbocycles. The Bertz CT molecular complexity index is 815. The van der Waals surface area contributed by atoms with Crippen LogP contribution in [-0.2, 0) is 11.3 Å². The van der Waals surface area contributed by atoms with Crippen molar-refractivity contribution in [3.05, 3.63) is 70.2 Å². The Labute approximate surface area is 171 Å². The molecule has 1 saturated heterocycles. The second-order valence-electron chi connectivity index (χ2n) is 7.31. The quantitative estimate of drug-likeness (QED) is 0.775. The number of carbonyl (C=O) groups is 2. The van der Waals surface area contributed by atoms with Gasteiger partial charge in [-0.05, 0) is 31.2 Å². The van der Waals surface area contributed by atoms with Crippen molar-refractivity contribution in [2.75, 3.05) is 32.7 Å². The summed E-state index contributed by atoms with van der Waals surface area (Å²) in [7, 11) is 0. The van der Waals surface area contributed by atoms with Gasteiger partial charge in [0.15, 0.2) is 0 Å². The number of aryl methyl sites for hydroxylation is 1. The van der Waals surface area contributed by atoms with E-state index in [1.165, 1.54) is 16.0 Å². The minimum atomic E-state index is -0.183. The summed E-state index contributed by atoms with van der Waals surface area (Å²) >= 11 is 5.83. The van der Waals surface area contributed by atoms with Crippen LogP contribution in [0.5, 0.6) is 0 Å². The van der Waals surface area contributed by atoms with Crippen molar-refractivity contribution in [1.29, 1.82) is 0 Å². The van der Waals surface area contributed by atoms with E-state index in [1.54, 1.807) is 24.3 Å². The molecule has 0 aromatic heterocycles. The second kappa shape index (κ2) is 9.71. The lowest BCUT2D eigenvalue weighted by Crippen LogP contribution is -3.13. The lowest BCUT2D eigenvalue weighted by atomic mass is 10.1. The molecule has 2 aromatic rings. The van der Waals surface area contributed by atoms with Crippen LogP contribution >= 0.6 is 11.6 Å². The van der Waals surface area contributed by atoms with Crippen LogP contribution in [0.1, 0.15) is 27.9 Å². The van der Waals surface area contributed by atoms with Crippen LogP contribution < -0.4 is 10.2 Å². The van der Waals surface area contributed by atoms with Gasteiger partial charge in [0, 0.05) is 29.1 Å². The monoisotopic (exact) mass is 400 g/mol. The molecule has 1 aliphatic rings. The maximum Gasteiger partial charge on any atom is 0.251 e. The van der Waals surface area contributed by atoms with Gasteiger partial charge in [0.2, 0.25) is 5.91 Å². The van der Waals surface area contributed by atoms with Crippen LogP contribution in [0.4, 0.5) is 0 Å². The zero-order valence-electron chi connectivity index (χ0n) is 16.2. The highest BCUT2D eigenvalue weighted by Gasteiger charge is 2.23. The van der Waals surface area contributed by atoms with Gasteiger partial charge in [0.1, 0.15) is 6.54 Å². The number of carbonyl (C=O) groups excluding carboxylic acids is 2. The minimum Gasteiger partial charge on any atom is -0.352 e. The number of piperazine rings is 1. The summed E-state index contributed by atoms with van der Waals surface area (Å²) in [4.78, 5) is 27.9. The van der Waals surface area contributed by atoms with E-state index in [4.69, 9.17) is 11.6 Å². The average Bonchev–Trinajstić information content (AvgIpc) is 2.69. The van der Waals surface area contributed by atoms with Crippen molar-refractivity contribution in [2.24, 2.45) is 0 Å². The fraction of sp³-hybridized carbons (Fsp3) is 0.364. The van der Waals surface area contributed by atoms with Crippen molar-refractivity contribution in [3.63, 3.8) is 0 Å². The van der Waals surface area contributed by atoms with Crippen molar-refractivity contribution in [3.8, 4) is 0 Å². The molecule has 28 heavy (non-hydrogen) atoms. The molecule has 0 spiro atoms. The van der Waals surface area contributed by atoms with Gasteiger partial charge in [-0.25, -0.2) is 0 Å². The maximum atomic E-state index is 12.4. The standard InChI is InChI=1S/C22H26ClN3O2/c1-17-3-2-4-18(15-17)16-25-11-13-26(14-12-25)21(27)9-10-24-22(28)19-5-7-20(23)8-6-19/h2-8,15H,9-14,16H2,1H3,(H,24,28)/p+1. The van der Waals surface area contributed by atoms with Crippen LogP contribution in [0.2, 0.25) is 5.02 Å². The Hall–Kier alpha value is -2.37. The minimum absolute atomic E-state index is 0.103. The largest absolute Gasteiger partial charge is 0.352 e. The van der Waals surface area contributed by atoms with Crippen molar-refractivity contribution in [2.45, 2.75) is 19.9 Å². The molecule has 1 aliphatic heterocycles. The molecule has 3 rings (SSSR count). The Morgan fingerprint density at radius 2 is 1.82 bits per heavy atom. The van der Waals surface area contributed by atoms with Gasteiger partial charge in [-0.2, -0.15) is 0 Å². The van der Waals surface area contributed by atoms with Crippen LogP contribution in [0.3, 0.4) is 0 Å². The summed E-state index contributed by atoms with van der Waals surface area (Å²) in [5.41, 5.74) is 3.18. The molecule has 0 unspecified atom stereocenters. The van der Waals surface area contributed by atoms with Gasteiger partial charge in [-0.3, -0.25) is 9.59 Å². The molecular weight excluding hydrogens is 374 g/mol. The predicted molar refractivity (Wildman–Crippen MR) is 111 cm³/mol. The summed E-state index contributed by atoms with van der Waals surface area (Å²) in [6.07, 6.45) is 0.326. The predicted octanol–water partition coefficient (Wildman–Crippen LogP) is 1.70. The van der Waals surface area contributed by atoms with Gasteiger partial charge in [-0.15, -0.1) is 0 Å². The van der Waals surface area contributed by atoms with Crippen LogP contribution in [0.25, 0.3) is 0 Å². The Kier molecular flexibility index (Phi) is 7.06. The third-order valence-corrected chi connectivity index (χ3v) is 5.34. The summed E-state index contributed by atoms with van der Waals surface area (Å²) < 4.78 is 0. The lowest BCUT2D eigenvalue weighted by molar-refractivity contribution is -0.917. The topological polar surface area (TPSA) is 53.9 Å². The van der Waals surface area contributed by atoms with Crippen molar-refractivity contribution < 1.29 is 14.5 Å². The Morgan fingerprint density at radius 3 is 2.50 bits per heavy atom. The smallest absolute Gasteiger partial charge is 0.251 e. The van der Waals surface area contributed by atoms with Gasteiger partial charge in [0.25, 0.3) is 5.91 Å². The molecule has 2 amide bonds. The first-order valence-corrected chi connectivity index (χ1v) is 10.1. The van der Waals surface area contributed by atoms with E-state index in [0.29, 0.717) is 23.6 Å². The van der Waals surface area contributed by atoms with Gasteiger partial charge in [0.05, 0.1) is 26.2 Å². The lowest BCUT2D eigenvalue weighted by Gasteiger charge is -2.32. The number of nitrogens with one attached hydrogen (secondary N) is 2. The van der Waals surface area contributed by atoms with Gasteiger partial charge < -0.3 is 15.1 Å². The number of benzene rings is 2. The SMILES string of the molecule is Cc1cccc(C[NH+]2CCN(C(=O)CCNC(=O)c3ccc(Cl)cc3)CC2)c1. The Morgan fingerprint density at radius 1 is 1.11 bits per heavy atom. The summed E-state index contributed by atoms with van der Waals surface area (Å²) in [5, 5.41) is 3.39. The van der Waals surface area contributed by atoms with Crippen LogP contribution in [0, 0.1) is 6.92 Å². The molecule has 0 aliphatic carbocycles. The van der Waals surface area contributed by atoms with Gasteiger partial charge >= 0.3 is 0 Å². The number of rotatable bonds is 6. The first kappa shape index (κ1) is 20.4. The third-order valence-electron chi connectivity index (χ3n) is 5.09. The van der Waals surface area contributed by atoms with Gasteiger partial charge in [-0.1, -0.05) is 41.4 Å². The normalized spacial score (nSPS) is 14.7. The molecule has 0 atom stereocenters. The molecular formula is C22H27ClN3O2+. The average molecular weight is 401 g/mol. The molecule has 148 valence electrons. The van der Waals surface area contributed by atoms with E-state index in [0.717, 1.165) is 32.7 Å². The fourth-order valence-electron chi connectivity index (χ4n) is 3.50. The molecule has 6 heteroatoms. The van der Waals surface area contributed by atoms with Crippen LogP contribution in [-0.4, -0.2) is 49.4 Å². The zero-order valence-corrected chi connectivity index (χ0v) is 17.0. The molecule has 5 nitrogen and oxygen atoms in total. The first-order chi connectivity index (χ1) is 13.5. The molecule has 1 fully saturated rings. The highest BCUT2D eigenvalue weighted by Crippen LogP contribution is 2.09. The number of halogens is 1. The molecule has 1 heterocycles. The van der Waals surface area contributed by atoms with E-state index < -0.39 is 0 Å². The number of nitrogens with zero attached hydrogens (tertiary/aromatic N) is 1. The number of quaternary nitrogens is 1. The van der Waals surface area contributed by atoms with Crippen molar-refractivity contribution >= 4 is 23.4 Å². The molecule has 0 radical (unpaired) electrons. The number of hydrogen-bond donors (Lipinski definition) is 2. The highest BCUT2D eigenvalue weighted by molar-refractivity contribution is 6.30. The number of amides is 2. The fourth-order valence-corrected chi connectivity index (χ4v) is 3.63. The number of hydrogen-bond acceptors (Lipinski definition) is 2. The third kappa shape index (κ3) is 5.81. The van der Waals surface area contributed by atoms with Crippen LogP contribution in [0.15, 0.2) is 48.5 Å². The van der Waals surface area contributed by atoms with E-state index in [-0.39, 0.29) is 11.8 Å². The van der Waals surface area contributed by atoms with E-state index >= 15 is 0 Å². The molecule has 0 saturated carbocycles. The first-order valence-electron chi connectivity index (χ1n) is 9.72. The Balaban J connectivity index is 1.38. The zero-order chi connectivity index (χ0) is 19.9. The van der Waals surface area contributed by atoms with Crippen molar-refractivity contribution in [1.82, 2.24) is 10.2 Å². The second-order valence-corrected chi connectivity index (χ2v) is 7.75. The maximum absolute atomic E-state index is 12.4. The molecule has 0 bridgehead atoms. The highest BCUT2D eigenvalue weighted by atomic mass is 35.5.